The highest BCUT2D eigenvalue weighted by Gasteiger charge is 2.34. The van der Waals surface area contributed by atoms with E-state index < -0.39 is 12.2 Å². The van der Waals surface area contributed by atoms with Crippen LogP contribution in [0, 0.1) is 11.8 Å². The van der Waals surface area contributed by atoms with E-state index in [1.54, 1.807) is 11.0 Å². The minimum Gasteiger partial charge on any atom is -0.466 e. The van der Waals surface area contributed by atoms with Crippen molar-refractivity contribution in [3.05, 3.63) is 48.6 Å². The van der Waals surface area contributed by atoms with E-state index in [2.05, 4.69) is 6.58 Å². The normalized spacial score (nSPS) is 20.9. The Hall–Kier alpha value is -2.34. The summed E-state index contributed by atoms with van der Waals surface area (Å²) in [6, 6.07) is 9.47. The van der Waals surface area contributed by atoms with Gasteiger partial charge in [0.15, 0.2) is 0 Å². The van der Waals surface area contributed by atoms with Gasteiger partial charge in [0.25, 0.3) is 0 Å². The highest BCUT2D eigenvalue weighted by atomic mass is 16.6. The maximum atomic E-state index is 12.5. The van der Waals surface area contributed by atoms with Gasteiger partial charge in [0, 0.05) is 31.8 Å². The molecule has 6 nitrogen and oxygen atoms in total. The van der Waals surface area contributed by atoms with Crippen LogP contribution in [0.5, 0.6) is 0 Å². The minimum absolute atomic E-state index is 0.0265. The van der Waals surface area contributed by atoms with Crippen LogP contribution >= 0.6 is 0 Å². The van der Waals surface area contributed by atoms with Gasteiger partial charge in [-0.25, -0.2) is 4.79 Å². The molecule has 1 aromatic rings. The smallest absolute Gasteiger partial charge is 0.410 e. The number of nitrogens with zero attached hydrogens (tertiary/aromatic N) is 1. The van der Waals surface area contributed by atoms with Crippen LogP contribution in [0.3, 0.4) is 0 Å². The number of aliphatic hydroxyl groups excluding tert-OH is 1. The third-order valence-electron chi connectivity index (χ3n) is 4.51. The molecule has 6 heteroatoms. The first-order valence-corrected chi connectivity index (χ1v) is 8.87. The van der Waals surface area contributed by atoms with Crippen molar-refractivity contribution in [2.75, 3.05) is 19.7 Å². The standard InChI is InChI=1S/C20H27NO5/c1-3-7-19(23)18-10-17(14-25-15(2)22)11-21(12-18)20(24)26-13-16-8-5-4-6-9-16/h3-6,8-9,17-19,23H,1,7,10-14H2,2H3/t17-,18+,19-/m0/s1. The molecule has 0 spiro atoms. The highest BCUT2D eigenvalue weighted by molar-refractivity contribution is 5.68. The fourth-order valence-electron chi connectivity index (χ4n) is 3.20. The van der Waals surface area contributed by atoms with Crippen LogP contribution in [0.25, 0.3) is 0 Å². The summed E-state index contributed by atoms with van der Waals surface area (Å²) in [4.78, 5) is 25.2. The number of amides is 1. The van der Waals surface area contributed by atoms with Crippen LogP contribution in [0.4, 0.5) is 4.79 Å². The molecule has 1 fully saturated rings. The fourth-order valence-corrected chi connectivity index (χ4v) is 3.20. The summed E-state index contributed by atoms with van der Waals surface area (Å²) in [5.74, 6) is -0.482. The number of aliphatic hydroxyl groups is 1. The van der Waals surface area contributed by atoms with Gasteiger partial charge in [-0.15, -0.1) is 6.58 Å². The molecule has 1 aliphatic rings. The zero-order valence-electron chi connectivity index (χ0n) is 15.2. The number of hydrogen-bond donors (Lipinski definition) is 1. The van der Waals surface area contributed by atoms with Crippen molar-refractivity contribution >= 4 is 12.1 Å². The first-order chi connectivity index (χ1) is 12.5. The van der Waals surface area contributed by atoms with Gasteiger partial charge in [-0.3, -0.25) is 4.79 Å². The molecule has 1 N–H and O–H groups in total. The Balaban J connectivity index is 1.97. The maximum absolute atomic E-state index is 12.5. The average molecular weight is 361 g/mol. The van der Waals surface area contributed by atoms with E-state index in [1.807, 2.05) is 30.3 Å². The molecule has 0 unspecified atom stereocenters. The number of benzene rings is 1. The Morgan fingerprint density at radius 3 is 2.69 bits per heavy atom. The maximum Gasteiger partial charge on any atom is 0.410 e. The predicted molar refractivity (Wildman–Crippen MR) is 97.3 cm³/mol. The van der Waals surface area contributed by atoms with E-state index >= 15 is 0 Å². The number of rotatable bonds is 7. The molecule has 0 bridgehead atoms. The number of esters is 1. The summed E-state index contributed by atoms with van der Waals surface area (Å²) in [6.45, 7) is 6.31. The van der Waals surface area contributed by atoms with Crippen molar-refractivity contribution in [1.82, 2.24) is 4.90 Å². The lowest BCUT2D eigenvalue weighted by atomic mass is 9.85. The lowest BCUT2D eigenvalue weighted by Crippen LogP contribution is -2.48. The van der Waals surface area contributed by atoms with Crippen molar-refractivity contribution in [3.8, 4) is 0 Å². The molecular formula is C20H27NO5. The molecule has 1 saturated heterocycles. The third kappa shape index (κ3) is 6.19. The number of carbonyl (C=O) groups excluding carboxylic acids is 2. The average Bonchev–Trinajstić information content (AvgIpc) is 2.65. The predicted octanol–water partition coefficient (Wildman–Crippen LogP) is 2.76. The second-order valence-corrected chi connectivity index (χ2v) is 6.70. The van der Waals surface area contributed by atoms with E-state index in [0.717, 1.165) is 5.56 Å². The number of hydrogen-bond acceptors (Lipinski definition) is 5. The summed E-state index contributed by atoms with van der Waals surface area (Å²) in [5.41, 5.74) is 0.914. The second-order valence-electron chi connectivity index (χ2n) is 6.70. The topological polar surface area (TPSA) is 76.1 Å². The Morgan fingerprint density at radius 1 is 1.31 bits per heavy atom. The molecule has 1 amide bonds. The summed E-state index contributed by atoms with van der Waals surface area (Å²) in [7, 11) is 0. The van der Waals surface area contributed by atoms with Gasteiger partial charge in [-0.2, -0.15) is 0 Å². The van der Waals surface area contributed by atoms with Crippen LogP contribution in [0.2, 0.25) is 0 Å². The molecule has 1 heterocycles. The van der Waals surface area contributed by atoms with Gasteiger partial charge in [0.05, 0.1) is 12.7 Å². The van der Waals surface area contributed by atoms with Crippen LogP contribution < -0.4 is 0 Å². The Bertz CT molecular complexity index is 603. The molecule has 26 heavy (non-hydrogen) atoms. The highest BCUT2D eigenvalue weighted by Crippen LogP contribution is 2.27. The van der Waals surface area contributed by atoms with E-state index in [0.29, 0.717) is 25.9 Å². The first-order valence-electron chi connectivity index (χ1n) is 8.87. The molecule has 0 saturated carbocycles. The lowest BCUT2D eigenvalue weighted by molar-refractivity contribution is -0.143. The van der Waals surface area contributed by atoms with Gasteiger partial charge >= 0.3 is 12.1 Å². The summed E-state index contributed by atoms with van der Waals surface area (Å²) in [5, 5.41) is 10.3. The van der Waals surface area contributed by atoms with Crippen molar-refractivity contribution in [2.24, 2.45) is 11.8 Å². The van der Waals surface area contributed by atoms with Crippen molar-refractivity contribution in [1.29, 1.82) is 0 Å². The molecule has 0 radical (unpaired) electrons. The zero-order chi connectivity index (χ0) is 18.9. The number of piperidine rings is 1. The zero-order valence-corrected chi connectivity index (χ0v) is 15.2. The van der Waals surface area contributed by atoms with Gasteiger partial charge in [-0.05, 0) is 18.4 Å². The van der Waals surface area contributed by atoms with Gasteiger partial charge < -0.3 is 19.5 Å². The van der Waals surface area contributed by atoms with Gasteiger partial charge in [0.2, 0.25) is 0 Å². The first kappa shape index (κ1) is 20.0. The van der Waals surface area contributed by atoms with Crippen LogP contribution in [0.15, 0.2) is 43.0 Å². The van der Waals surface area contributed by atoms with Crippen molar-refractivity contribution in [2.45, 2.75) is 32.5 Å². The Labute approximate surface area is 154 Å². The number of ether oxygens (including phenoxy) is 2. The van der Waals surface area contributed by atoms with E-state index in [9.17, 15) is 14.7 Å². The molecule has 0 aromatic heterocycles. The molecule has 2 rings (SSSR count). The number of likely N-dealkylation sites (tertiary alicyclic amines) is 1. The summed E-state index contributed by atoms with van der Waals surface area (Å²) in [6.07, 6.45) is 1.80. The molecule has 1 aliphatic heterocycles. The SMILES string of the molecule is C=CC[C@H](O)[C@@H]1C[C@H](COC(C)=O)CN(C(=O)OCc2ccccc2)C1. The lowest BCUT2D eigenvalue weighted by Gasteiger charge is -2.38. The van der Waals surface area contributed by atoms with Crippen molar-refractivity contribution < 1.29 is 24.2 Å². The fraction of sp³-hybridized carbons (Fsp3) is 0.500. The van der Waals surface area contributed by atoms with Gasteiger partial charge in [0.1, 0.15) is 6.61 Å². The Kier molecular flexibility index (Phi) is 7.66. The minimum atomic E-state index is -0.586. The third-order valence-corrected chi connectivity index (χ3v) is 4.51. The largest absolute Gasteiger partial charge is 0.466 e. The van der Waals surface area contributed by atoms with Crippen LogP contribution in [-0.4, -0.2) is 47.9 Å². The van der Waals surface area contributed by atoms with Crippen LogP contribution in [0.1, 0.15) is 25.3 Å². The summed E-state index contributed by atoms with van der Waals surface area (Å²) >= 11 is 0. The molecule has 3 atom stereocenters. The Morgan fingerprint density at radius 2 is 2.04 bits per heavy atom. The number of carbonyl (C=O) groups is 2. The van der Waals surface area contributed by atoms with Crippen molar-refractivity contribution in [3.63, 3.8) is 0 Å². The second kappa shape index (κ2) is 9.97. The molecule has 0 aliphatic carbocycles. The molecule has 1 aromatic carbocycles. The van der Waals surface area contributed by atoms with E-state index in [1.165, 1.54) is 6.92 Å². The van der Waals surface area contributed by atoms with Crippen LogP contribution in [-0.2, 0) is 20.9 Å². The summed E-state index contributed by atoms with van der Waals surface area (Å²) < 4.78 is 10.5. The van der Waals surface area contributed by atoms with E-state index in [4.69, 9.17) is 9.47 Å². The van der Waals surface area contributed by atoms with Gasteiger partial charge in [-0.1, -0.05) is 36.4 Å². The monoisotopic (exact) mass is 361 g/mol. The molecular weight excluding hydrogens is 334 g/mol. The quantitative estimate of drug-likeness (QED) is 0.597. The molecule has 142 valence electrons. The van der Waals surface area contributed by atoms with E-state index in [-0.39, 0.29) is 31.0 Å².